The van der Waals surface area contributed by atoms with Gasteiger partial charge in [-0.25, -0.2) is 4.39 Å². The van der Waals surface area contributed by atoms with Crippen LogP contribution in [-0.4, -0.2) is 9.55 Å². The van der Waals surface area contributed by atoms with Crippen LogP contribution in [0.1, 0.15) is 5.56 Å². The highest BCUT2D eigenvalue weighted by atomic mass is 19.1. The lowest BCUT2D eigenvalue weighted by Gasteiger charge is -2.08. The summed E-state index contributed by atoms with van der Waals surface area (Å²) in [5.74, 6) is -0.178. The van der Waals surface area contributed by atoms with Crippen LogP contribution in [-0.2, 0) is 6.54 Å². The quantitative estimate of drug-likeness (QED) is 0.531. The van der Waals surface area contributed by atoms with Crippen LogP contribution in [0.25, 0.3) is 21.8 Å². The third-order valence-corrected chi connectivity index (χ3v) is 3.82. The molecule has 4 aromatic rings. The molecule has 0 aliphatic heterocycles. The van der Waals surface area contributed by atoms with Gasteiger partial charge in [-0.2, -0.15) is 0 Å². The Morgan fingerprint density at radius 2 is 1.81 bits per heavy atom. The fourth-order valence-electron chi connectivity index (χ4n) is 2.80. The number of nitrogens with zero attached hydrogens (tertiary/aromatic N) is 2. The zero-order valence-corrected chi connectivity index (χ0v) is 11.3. The summed E-state index contributed by atoms with van der Waals surface area (Å²) in [5.41, 5.74) is 3.04. The molecule has 102 valence electrons. The van der Waals surface area contributed by atoms with Crippen LogP contribution in [0.3, 0.4) is 0 Å². The van der Waals surface area contributed by atoms with E-state index in [-0.39, 0.29) is 5.82 Å². The number of fused-ring (bicyclic) bond motifs is 2. The van der Waals surface area contributed by atoms with Crippen molar-refractivity contribution in [2.45, 2.75) is 6.54 Å². The predicted molar refractivity (Wildman–Crippen MR) is 82.7 cm³/mol. The summed E-state index contributed by atoms with van der Waals surface area (Å²) in [6.07, 6.45) is 3.73. The van der Waals surface area contributed by atoms with Gasteiger partial charge in [0.1, 0.15) is 5.82 Å². The van der Waals surface area contributed by atoms with Gasteiger partial charge in [0.25, 0.3) is 0 Å². The van der Waals surface area contributed by atoms with E-state index in [1.807, 2.05) is 30.5 Å². The molecule has 2 nitrogen and oxygen atoms in total. The van der Waals surface area contributed by atoms with Gasteiger partial charge in [0, 0.05) is 29.7 Å². The number of aromatic nitrogens is 2. The van der Waals surface area contributed by atoms with Gasteiger partial charge in [0.05, 0.1) is 11.0 Å². The van der Waals surface area contributed by atoms with Crippen molar-refractivity contribution in [3.8, 4) is 0 Å². The van der Waals surface area contributed by atoms with Crippen molar-refractivity contribution in [3.63, 3.8) is 0 Å². The summed E-state index contributed by atoms with van der Waals surface area (Å²) in [7, 11) is 0. The molecule has 0 amide bonds. The first-order valence-corrected chi connectivity index (χ1v) is 6.89. The Hall–Kier alpha value is -2.68. The molecule has 21 heavy (non-hydrogen) atoms. The van der Waals surface area contributed by atoms with Crippen LogP contribution in [0, 0.1) is 5.82 Å². The molecule has 3 heteroatoms. The van der Waals surface area contributed by atoms with Gasteiger partial charge >= 0.3 is 0 Å². The molecule has 0 N–H and O–H groups in total. The van der Waals surface area contributed by atoms with E-state index in [0.29, 0.717) is 11.9 Å². The van der Waals surface area contributed by atoms with E-state index in [0.717, 1.165) is 22.0 Å². The number of para-hydroxylation sites is 1. The van der Waals surface area contributed by atoms with Gasteiger partial charge in [-0.15, -0.1) is 0 Å². The highest BCUT2D eigenvalue weighted by molar-refractivity contribution is 5.83. The second-order valence-corrected chi connectivity index (χ2v) is 5.11. The average molecular weight is 276 g/mol. The van der Waals surface area contributed by atoms with Crippen molar-refractivity contribution in [1.82, 2.24) is 9.55 Å². The smallest absolute Gasteiger partial charge is 0.132 e. The fraction of sp³-hybridized carbons (Fsp3) is 0.0556. The minimum absolute atomic E-state index is 0.178. The molecule has 2 heterocycles. The Morgan fingerprint density at radius 1 is 0.952 bits per heavy atom. The van der Waals surface area contributed by atoms with Crippen molar-refractivity contribution in [2.75, 3.05) is 0 Å². The van der Waals surface area contributed by atoms with E-state index >= 15 is 0 Å². The first kappa shape index (κ1) is 12.1. The van der Waals surface area contributed by atoms with Crippen LogP contribution in [0.4, 0.5) is 4.39 Å². The summed E-state index contributed by atoms with van der Waals surface area (Å²) in [5, 5.41) is 1.78. The molecule has 0 fully saturated rings. The van der Waals surface area contributed by atoms with Crippen molar-refractivity contribution in [2.24, 2.45) is 0 Å². The molecular weight excluding hydrogens is 263 g/mol. The van der Waals surface area contributed by atoms with Gasteiger partial charge < -0.3 is 4.57 Å². The number of hydrogen-bond donors (Lipinski definition) is 0. The molecule has 4 rings (SSSR count). The SMILES string of the molecule is Fc1cccc2c1ccn2Cc1cccc2cccnc12. The molecule has 0 aliphatic carbocycles. The second-order valence-electron chi connectivity index (χ2n) is 5.11. The van der Waals surface area contributed by atoms with E-state index in [1.54, 1.807) is 12.3 Å². The molecule has 0 spiro atoms. The molecule has 2 aromatic carbocycles. The summed E-state index contributed by atoms with van der Waals surface area (Å²) >= 11 is 0. The topological polar surface area (TPSA) is 17.8 Å². The Balaban J connectivity index is 1.85. The van der Waals surface area contributed by atoms with Gasteiger partial charge in [-0.05, 0) is 29.8 Å². The van der Waals surface area contributed by atoms with Gasteiger partial charge in [-0.1, -0.05) is 30.3 Å². The van der Waals surface area contributed by atoms with Crippen molar-refractivity contribution in [3.05, 3.63) is 78.4 Å². The molecule has 0 atom stereocenters. The van der Waals surface area contributed by atoms with Crippen molar-refractivity contribution >= 4 is 21.8 Å². The van der Waals surface area contributed by atoms with E-state index < -0.39 is 0 Å². The first-order valence-electron chi connectivity index (χ1n) is 6.89. The van der Waals surface area contributed by atoms with E-state index in [9.17, 15) is 4.39 Å². The Labute approximate surface area is 121 Å². The maximum Gasteiger partial charge on any atom is 0.132 e. The lowest BCUT2D eigenvalue weighted by molar-refractivity contribution is 0.639. The zero-order valence-electron chi connectivity index (χ0n) is 11.3. The molecule has 0 saturated carbocycles. The van der Waals surface area contributed by atoms with Gasteiger partial charge in [-0.3, -0.25) is 4.98 Å². The molecule has 0 aliphatic rings. The second kappa shape index (κ2) is 4.70. The normalized spacial score (nSPS) is 11.3. The fourth-order valence-corrected chi connectivity index (χ4v) is 2.80. The van der Waals surface area contributed by atoms with Crippen molar-refractivity contribution in [1.29, 1.82) is 0 Å². The number of halogens is 1. The van der Waals surface area contributed by atoms with E-state index in [2.05, 4.69) is 27.8 Å². The Bertz CT molecular complexity index is 935. The molecule has 0 radical (unpaired) electrons. The third-order valence-electron chi connectivity index (χ3n) is 3.82. The largest absolute Gasteiger partial charge is 0.343 e. The monoisotopic (exact) mass is 276 g/mol. The zero-order chi connectivity index (χ0) is 14.2. The Kier molecular flexibility index (Phi) is 2.71. The molecule has 0 saturated heterocycles. The predicted octanol–water partition coefficient (Wildman–Crippen LogP) is 4.38. The summed E-state index contributed by atoms with van der Waals surface area (Å²) in [6.45, 7) is 0.682. The Morgan fingerprint density at radius 3 is 2.76 bits per heavy atom. The highest BCUT2D eigenvalue weighted by Crippen LogP contribution is 2.22. The van der Waals surface area contributed by atoms with E-state index in [1.165, 1.54) is 6.07 Å². The summed E-state index contributed by atoms with van der Waals surface area (Å²) in [6, 6.07) is 17.2. The summed E-state index contributed by atoms with van der Waals surface area (Å²) in [4.78, 5) is 4.47. The molecular formula is C18H13FN2. The van der Waals surface area contributed by atoms with Crippen LogP contribution < -0.4 is 0 Å². The van der Waals surface area contributed by atoms with Gasteiger partial charge in [0.2, 0.25) is 0 Å². The lowest BCUT2D eigenvalue weighted by Crippen LogP contribution is -1.99. The van der Waals surface area contributed by atoms with Crippen molar-refractivity contribution < 1.29 is 4.39 Å². The third kappa shape index (κ3) is 1.98. The van der Waals surface area contributed by atoms with Crippen LogP contribution in [0.2, 0.25) is 0 Å². The minimum atomic E-state index is -0.178. The number of hydrogen-bond acceptors (Lipinski definition) is 1. The van der Waals surface area contributed by atoms with Gasteiger partial charge in [0.15, 0.2) is 0 Å². The van der Waals surface area contributed by atoms with Crippen LogP contribution in [0.5, 0.6) is 0 Å². The number of rotatable bonds is 2. The maximum absolute atomic E-state index is 13.8. The van der Waals surface area contributed by atoms with Crippen LogP contribution in [0.15, 0.2) is 67.0 Å². The molecule has 0 unspecified atom stereocenters. The van der Waals surface area contributed by atoms with E-state index in [4.69, 9.17) is 0 Å². The molecule has 2 aromatic heterocycles. The number of pyridine rings is 1. The standard InChI is InChI=1S/C18H13FN2/c19-16-7-2-8-17-15(16)9-11-21(17)12-14-5-1-4-13-6-3-10-20-18(13)14/h1-11H,12H2. The number of benzene rings is 2. The average Bonchev–Trinajstić information content (AvgIpc) is 2.92. The van der Waals surface area contributed by atoms with Crippen LogP contribution >= 0.6 is 0 Å². The minimum Gasteiger partial charge on any atom is -0.343 e. The summed E-state index contributed by atoms with van der Waals surface area (Å²) < 4.78 is 15.8. The highest BCUT2D eigenvalue weighted by Gasteiger charge is 2.07. The molecule has 0 bridgehead atoms. The lowest BCUT2D eigenvalue weighted by atomic mass is 10.1. The first-order chi connectivity index (χ1) is 10.3. The maximum atomic E-state index is 13.8.